The fraction of sp³-hybridized carbons (Fsp3) is 0.0500. The normalized spacial score (nSPS) is 12.6. The smallest absolute Gasteiger partial charge is 0.268 e. The predicted octanol–water partition coefficient (Wildman–Crippen LogP) is 4.28. The molecule has 0 saturated carbocycles. The molecular formula is C20H16N2O4S. The van der Waals surface area contributed by atoms with Gasteiger partial charge in [-0.2, -0.15) is 0 Å². The van der Waals surface area contributed by atoms with Crippen LogP contribution in [0.15, 0.2) is 77.7 Å². The number of nitrogens with zero attached hydrogens (tertiary/aromatic N) is 1. The Morgan fingerprint density at radius 3 is 1.89 bits per heavy atom. The van der Waals surface area contributed by atoms with Crippen molar-refractivity contribution in [1.82, 2.24) is 0 Å². The Morgan fingerprint density at radius 2 is 1.37 bits per heavy atom. The molecule has 0 unspecified atom stereocenters. The van der Waals surface area contributed by atoms with Crippen LogP contribution in [0.1, 0.15) is 6.92 Å². The van der Waals surface area contributed by atoms with Crippen molar-refractivity contribution in [3.63, 3.8) is 0 Å². The number of benzene rings is 3. The van der Waals surface area contributed by atoms with Gasteiger partial charge in [0.25, 0.3) is 10.0 Å². The van der Waals surface area contributed by atoms with Crippen molar-refractivity contribution in [2.45, 2.75) is 11.8 Å². The number of amides is 1. The summed E-state index contributed by atoms with van der Waals surface area (Å²) in [6.45, 7) is 1.40. The average Bonchev–Trinajstić information content (AvgIpc) is 2.66. The fourth-order valence-corrected chi connectivity index (χ4v) is 4.46. The Labute approximate surface area is 157 Å². The van der Waals surface area contributed by atoms with Crippen molar-refractivity contribution >= 4 is 33.0 Å². The molecule has 1 aliphatic heterocycles. The minimum atomic E-state index is -3.89. The number of ether oxygens (including phenoxy) is 1. The van der Waals surface area contributed by atoms with E-state index in [0.717, 1.165) is 0 Å². The van der Waals surface area contributed by atoms with Crippen LogP contribution in [-0.4, -0.2) is 14.3 Å². The number of nitrogens with one attached hydrogen (secondary N) is 1. The second-order valence-electron chi connectivity index (χ2n) is 6.01. The first kappa shape index (κ1) is 17.1. The van der Waals surface area contributed by atoms with E-state index in [1.807, 2.05) is 0 Å². The quantitative estimate of drug-likeness (QED) is 0.736. The maximum Gasteiger partial charge on any atom is 0.268 e. The first-order valence-electron chi connectivity index (χ1n) is 8.26. The molecule has 0 spiro atoms. The predicted molar refractivity (Wildman–Crippen MR) is 103 cm³/mol. The van der Waals surface area contributed by atoms with Gasteiger partial charge in [-0.1, -0.05) is 24.3 Å². The van der Waals surface area contributed by atoms with Crippen molar-refractivity contribution in [3.8, 4) is 11.5 Å². The molecule has 0 aromatic heterocycles. The van der Waals surface area contributed by atoms with Crippen LogP contribution < -0.4 is 14.4 Å². The highest BCUT2D eigenvalue weighted by molar-refractivity contribution is 7.93. The lowest BCUT2D eigenvalue weighted by molar-refractivity contribution is -0.114. The summed E-state index contributed by atoms with van der Waals surface area (Å²) >= 11 is 0. The van der Waals surface area contributed by atoms with Crippen LogP contribution in [0.25, 0.3) is 0 Å². The third-order valence-electron chi connectivity index (χ3n) is 4.10. The van der Waals surface area contributed by atoms with Crippen LogP contribution >= 0.6 is 0 Å². The topological polar surface area (TPSA) is 75.7 Å². The van der Waals surface area contributed by atoms with Crippen LogP contribution in [0, 0.1) is 0 Å². The van der Waals surface area contributed by atoms with Gasteiger partial charge in [0.1, 0.15) is 11.4 Å². The summed E-state index contributed by atoms with van der Waals surface area (Å²) in [7, 11) is -3.89. The summed E-state index contributed by atoms with van der Waals surface area (Å²) in [5.41, 5.74) is 1.42. The minimum absolute atomic E-state index is 0.114. The Morgan fingerprint density at radius 1 is 0.852 bits per heavy atom. The van der Waals surface area contributed by atoms with Crippen molar-refractivity contribution in [2.75, 3.05) is 9.62 Å². The summed E-state index contributed by atoms with van der Waals surface area (Å²) in [6.07, 6.45) is 0. The molecule has 0 aliphatic carbocycles. The second kappa shape index (κ2) is 6.44. The third-order valence-corrected chi connectivity index (χ3v) is 5.84. The maximum atomic E-state index is 13.4. The maximum absolute atomic E-state index is 13.4. The first-order chi connectivity index (χ1) is 13.0. The molecule has 0 fully saturated rings. The summed E-state index contributed by atoms with van der Waals surface area (Å²) in [4.78, 5) is 11.3. The molecule has 0 saturated heterocycles. The summed E-state index contributed by atoms with van der Waals surface area (Å²) < 4.78 is 34.0. The molecule has 1 amide bonds. The van der Waals surface area contributed by atoms with Gasteiger partial charge in [-0.25, -0.2) is 12.7 Å². The standard InChI is InChI=1S/C20H16N2O4S/c1-14(23)21-15-10-12-16(13-11-15)27(24,25)22-17-6-2-4-8-19(17)26-20-9-5-3-7-18(20)22/h2-13H,1H3,(H,21,23). The summed E-state index contributed by atoms with van der Waals surface area (Å²) in [5.74, 6) is 0.714. The number of anilines is 3. The molecule has 6 nitrogen and oxygen atoms in total. The number of carbonyl (C=O) groups excluding carboxylic acids is 1. The zero-order chi connectivity index (χ0) is 19.0. The van der Waals surface area contributed by atoms with Gasteiger partial charge in [0.15, 0.2) is 11.5 Å². The molecule has 1 aliphatic rings. The number of fused-ring (bicyclic) bond motifs is 2. The van der Waals surface area contributed by atoms with Gasteiger partial charge in [-0.15, -0.1) is 0 Å². The van der Waals surface area contributed by atoms with Gasteiger partial charge in [-0.3, -0.25) is 4.79 Å². The second-order valence-corrected chi connectivity index (χ2v) is 7.80. The van der Waals surface area contributed by atoms with Gasteiger partial charge in [0.05, 0.1) is 4.90 Å². The van der Waals surface area contributed by atoms with Crippen LogP contribution in [0.5, 0.6) is 11.5 Å². The first-order valence-corrected chi connectivity index (χ1v) is 9.70. The lowest BCUT2D eigenvalue weighted by Crippen LogP contribution is -2.28. The van der Waals surface area contributed by atoms with Gasteiger partial charge in [-0.05, 0) is 48.5 Å². The van der Waals surface area contributed by atoms with E-state index in [0.29, 0.717) is 28.6 Å². The van der Waals surface area contributed by atoms with Crippen molar-refractivity contribution in [3.05, 3.63) is 72.8 Å². The van der Waals surface area contributed by atoms with Gasteiger partial charge in [0.2, 0.25) is 5.91 Å². The number of carbonyl (C=O) groups is 1. The molecule has 1 heterocycles. The molecule has 3 aromatic rings. The van der Waals surface area contributed by atoms with E-state index >= 15 is 0 Å². The Hall–Kier alpha value is -3.32. The highest BCUT2D eigenvalue weighted by atomic mass is 32.2. The van der Waals surface area contributed by atoms with Crippen LogP contribution in [0.2, 0.25) is 0 Å². The number of para-hydroxylation sites is 4. The van der Waals surface area contributed by atoms with Crippen molar-refractivity contribution in [1.29, 1.82) is 0 Å². The molecular weight excluding hydrogens is 364 g/mol. The van der Waals surface area contributed by atoms with E-state index in [1.54, 1.807) is 60.7 Å². The zero-order valence-corrected chi connectivity index (χ0v) is 15.2. The van der Waals surface area contributed by atoms with E-state index in [-0.39, 0.29) is 10.8 Å². The Kier molecular flexibility index (Phi) is 4.08. The Bertz CT molecular complexity index is 1080. The van der Waals surface area contributed by atoms with Crippen molar-refractivity contribution < 1.29 is 17.9 Å². The van der Waals surface area contributed by atoms with Gasteiger partial charge >= 0.3 is 0 Å². The Balaban J connectivity index is 1.83. The molecule has 136 valence electrons. The van der Waals surface area contributed by atoms with Crippen LogP contribution in [-0.2, 0) is 14.8 Å². The fourth-order valence-electron chi connectivity index (χ4n) is 2.95. The monoisotopic (exact) mass is 380 g/mol. The highest BCUT2D eigenvalue weighted by Gasteiger charge is 2.34. The van der Waals surface area contributed by atoms with Gasteiger partial charge < -0.3 is 10.1 Å². The molecule has 1 N–H and O–H groups in total. The summed E-state index contributed by atoms with van der Waals surface area (Å²) in [5, 5.41) is 2.63. The van der Waals surface area contributed by atoms with E-state index in [9.17, 15) is 13.2 Å². The van der Waals surface area contributed by atoms with Crippen LogP contribution in [0.4, 0.5) is 17.1 Å². The zero-order valence-electron chi connectivity index (χ0n) is 14.4. The lowest BCUT2D eigenvalue weighted by atomic mass is 10.2. The van der Waals surface area contributed by atoms with E-state index in [4.69, 9.17) is 4.74 Å². The number of rotatable bonds is 3. The molecule has 4 rings (SSSR count). The van der Waals surface area contributed by atoms with Crippen LogP contribution in [0.3, 0.4) is 0 Å². The molecule has 0 atom stereocenters. The third kappa shape index (κ3) is 3.02. The van der Waals surface area contributed by atoms with E-state index in [2.05, 4.69) is 5.32 Å². The minimum Gasteiger partial charge on any atom is -0.453 e. The molecule has 3 aromatic carbocycles. The van der Waals surface area contributed by atoms with E-state index < -0.39 is 10.0 Å². The largest absolute Gasteiger partial charge is 0.453 e. The molecule has 7 heteroatoms. The lowest BCUT2D eigenvalue weighted by Gasteiger charge is -2.31. The number of hydrogen-bond donors (Lipinski definition) is 1. The van der Waals surface area contributed by atoms with Gasteiger partial charge in [0, 0.05) is 12.6 Å². The highest BCUT2D eigenvalue weighted by Crippen LogP contribution is 2.48. The number of hydrogen-bond acceptors (Lipinski definition) is 4. The average molecular weight is 380 g/mol. The number of sulfonamides is 1. The summed E-state index contributed by atoms with van der Waals surface area (Å²) in [6, 6.07) is 20.0. The van der Waals surface area contributed by atoms with Crippen molar-refractivity contribution in [2.24, 2.45) is 0 Å². The molecule has 27 heavy (non-hydrogen) atoms. The molecule has 0 bridgehead atoms. The SMILES string of the molecule is CC(=O)Nc1ccc(S(=O)(=O)N2c3ccccc3Oc3ccccc32)cc1. The molecule has 0 radical (unpaired) electrons. The van der Waals surface area contributed by atoms with E-state index in [1.165, 1.54) is 23.4 Å².